The molecule has 0 radical (unpaired) electrons. The molecule has 0 spiro atoms. The Morgan fingerprint density at radius 3 is 1.62 bits per heavy atom. The van der Waals surface area contributed by atoms with Crippen molar-refractivity contribution < 1.29 is 4.21 Å². The number of aliphatic imine (C=N–C) groups is 1. The Balaban J connectivity index is 2.17. The fourth-order valence-electron chi connectivity index (χ4n) is 3.52. The van der Waals surface area contributed by atoms with Crippen LogP contribution in [0.4, 0.5) is 0 Å². The molecule has 168 valence electrons. The van der Waals surface area contributed by atoms with Gasteiger partial charge in [-0.05, 0) is 32.3 Å². The monoisotopic (exact) mass is 446 g/mol. The lowest BCUT2D eigenvalue weighted by Crippen LogP contribution is -2.45. The molecule has 0 aliphatic carbocycles. The number of hydrogen-bond acceptors (Lipinski definition) is 2. The Kier molecular flexibility index (Phi) is 8.16. The summed E-state index contributed by atoms with van der Waals surface area (Å²) in [6.07, 6.45) is 0. The van der Waals surface area contributed by atoms with Crippen molar-refractivity contribution in [3.63, 3.8) is 0 Å². The number of nitrogens with one attached hydrogen (secondary N) is 1. The van der Waals surface area contributed by atoms with Crippen LogP contribution in [0.3, 0.4) is 0 Å². The highest BCUT2D eigenvalue weighted by molar-refractivity contribution is 7.84. The molecular formula is C28H34N2OS. The summed E-state index contributed by atoms with van der Waals surface area (Å²) in [6.45, 7) is 10.3. The van der Waals surface area contributed by atoms with Crippen LogP contribution in [0, 0.1) is 5.92 Å². The van der Waals surface area contributed by atoms with Gasteiger partial charge in [0.2, 0.25) is 0 Å². The molecule has 0 heterocycles. The van der Waals surface area contributed by atoms with Gasteiger partial charge < -0.3 is 0 Å². The molecule has 0 amide bonds. The van der Waals surface area contributed by atoms with Crippen LogP contribution in [0.1, 0.15) is 57.4 Å². The molecule has 0 fully saturated rings. The van der Waals surface area contributed by atoms with Crippen molar-refractivity contribution in [3.8, 4) is 0 Å². The van der Waals surface area contributed by atoms with Crippen LogP contribution in [-0.4, -0.2) is 20.7 Å². The summed E-state index contributed by atoms with van der Waals surface area (Å²) >= 11 is 0. The molecule has 0 aliphatic rings. The molecule has 3 aromatic carbocycles. The Morgan fingerprint density at radius 1 is 0.781 bits per heavy atom. The van der Waals surface area contributed by atoms with Crippen LogP contribution >= 0.6 is 0 Å². The van der Waals surface area contributed by atoms with E-state index in [1.54, 1.807) is 0 Å². The third-order valence-corrected chi connectivity index (χ3v) is 6.96. The lowest BCUT2D eigenvalue weighted by atomic mass is 9.91. The van der Waals surface area contributed by atoms with E-state index in [9.17, 15) is 4.21 Å². The average Bonchev–Trinajstić information content (AvgIpc) is 2.79. The van der Waals surface area contributed by atoms with Crippen LogP contribution in [0.2, 0.25) is 0 Å². The predicted octanol–water partition coefficient (Wildman–Crippen LogP) is 6.34. The molecule has 0 unspecified atom stereocenters. The Bertz CT molecular complexity index is 984. The number of nitrogens with zero attached hydrogens (tertiary/aromatic N) is 1. The van der Waals surface area contributed by atoms with Gasteiger partial charge in [-0.15, -0.1) is 0 Å². The smallest absolute Gasteiger partial charge is 0.0973 e. The summed E-state index contributed by atoms with van der Waals surface area (Å²) < 4.78 is 16.2. The van der Waals surface area contributed by atoms with Crippen molar-refractivity contribution in [1.29, 1.82) is 0 Å². The van der Waals surface area contributed by atoms with Gasteiger partial charge in [-0.2, -0.15) is 0 Å². The molecule has 1 N–H and O–H groups in total. The fourth-order valence-corrected chi connectivity index (χ4v) is 4.53. The molecule has 4 heteroatoms. The van der Waals surface area contributed by atoms with E-state index < -0.39 is 11.0 Å². The Morgan fingerprint density at radius 2 is 1.22 bits per heavy atom. The molecule has 0 bridgehead atoms. The van der Waals surface area contributed by atoms with Crippen molar-refractivity contribution in [2.75, 3.05) is 0 Å². The summed E-state index contributed by atoms with van der Waals surface area (Å²) in [7, 11) is -1.21. The van der Waals surface area contributed by atoms with Gasteiger partial charge in [0.05, 0.1) is 27.5 Å². The number of benzene rings is 3. The highest BCUT2D eigenvalue weighted by atomic mass is 32.2. The lowest BCUT2D eigenvalue weighted by molar-refractivity contribution is 0.395. The largest absolute Gasteiger partial charge is 0.274 e. The minimum atomic E-state index is -1.21. The minimum absolute atomic E-state index is 0.0973. The fraction of sp³-hybridized carbons (Fsp3) is 0.321. The quantitative estimate of drug-likeness (QED) is 0.403. The zero-order valence-electron chi connectivity index (χ0n) is 19.7. The van der Waals surface area contributed by atoms with Gasteiger partial charge in [0.1, 0.15) is 0 Å². The zero-order valence-corrected chi connectivity index (χ0v) is 20.5. The van der Waals surface area contributed by atoms with Gasteiger partial charge >= 0.3 is 0 Å². The summed E-state index contributed by atoms with van der Waals surface area (Å²) in [5.41, 5.74) is 4.18. The van der Waals surface area contributed by atoms with Gasteiger partial charge in [-0.25, -0.2) is 8.93 Å². The van der Waals surface area contributed by atoms with Crippen LogP contribution in [0.5, 0.6) is 0 Å². The third kappa shape index (κ3) is 6.24. The molecule has 3 aromatic rings. The first kappa shape index (κ1) is 24.1. The van der Waals surface area contributed by atoms with Crippen LogP contribution in [0.25, 0.3) is 0 Å². The van der Waals surface area contributed by atoms with E-state index in [0.29, 0.717) is 0 Å². The number of hydrogen-bond donors (Lipinski definition) is 1. The molecule has 0 aromatic heterocycles. The molecule has 3 rings (SSSR count). The summed E-state index contributed by atoms with van der Waals surface area (Å²) in [5.74, 6) is 0.225. The van der Waals surface area contributed by atoms with Crippen LogP contribution in [0.15, 0.2) is 96.0 Å². The summed E-state index contributed by atoms with van der Waals surface area (Å²) in [6, 6.07) is 30.6. The highest BCUT2D eigenvalue weighted by Gasteiger charge is 2.31. The van der Waals surface area contributed by atoms with Crippen molar-refractivity contribution >= 4 is 16.7 Å². The van der Waals surface area contributed by atoms with Gasteiger partial charge in [-0.1, -0.05) is 105 Å². The van der Waals surface area contributed by atoms with Crippen LogP contribution in [-0.2, 0) is 11.0 Å². The van der Waals surface area contributed by atoms with Crippen molar-refractivity contribution in [3.05, 3.63) is 108 Å². The molecule has 0 saturated heterocycles. The van der Waals surface area contributed by atoms with E-state index in [-0.39, 0.29) is 22.7 Å². The first-order valence-electron chi connectivity index (χ1n) is 11.2. The standard InChI is InChI=1S/C28H34N2OS/c1-21(2)25(30-32(31)28(3,4)5)27(24-19-13-8-14-20-24)29-26(22-15-9-6-10-16-22)23-17-11-7-12-18-23/h6-21,25,27,30H,1-5H3/t25-,27+,32-/m1/s1. The molecular weight excluding hydrogens is 412 g/mol. The van der Waals surface area contributed by atoms with Crippen molar-refractivity contribution in [2.24, 2.45) is 10.9 Å². The SMILES string of the molecule is CC(C)[C@@H](N[S@](=O)C(C)(C)C)[C@@H](N=C(c1ccccc1)c1ccccc1)c1ccccc1. The predicted molar refractivity (Wildman–Crippen MR) is 137 cm³/mol. The summed E-state index contributed by atoms with van der Waals surface area (Å²) in [4.78, 5) is 5.36. The first-order valence-corrected chi connectivity index (χ1v) is 12.3. The second-order valence-electron chi connectivity index (χ2n) is 9.33. The van der Waals surface area contributed by atoms with Gasteiger partial charge in [0, 0.05) is 17.2 Å². The van der Waals surface area contributed by atoms with Crippen LogP contribution < -0.4 is 4.72 Å². The van der Waals surface area contributed by atoms with E-state index in [1.807, 2.05) is 75.4 Å². The second kappa shape index (κ2) is 10.8. The van der Waals surface area contributed by atoms with E-state index in [2.05, 4.69) is 55.0 Å². The molecule has 0 aliphatic heterocycles. The number of rotatable bonds is 8. The van der Waals surface area contributed by atoms with Crippen molar-refractivity contribution in [2.45, 2.75) is 51.4 Å². The topological polar surface area (TPSA) is 41.5 Å². The Hall–Kier alpha value is -2.56. The lowest BCUT2D eigenvalue weighted by Gasteiger charge is -2.32. The highest BCUT2D eigenvalue weighted by Crippen LogP contribution is 2.29. The maximum absolute atomic E-state index is 13.1. The third-order valence-electron chi connectivity index (χ3n) is 5.36. The molecule has 0 saturated carbocycles. The normalized spacial score (nSPS) is 14.6. The van der Waals surface area contributed by atoms with E-state index in [4.69, 9.17) is 4.99 Å². The average molecular weight is 447 g/mol. The maximum atomic E-state index is 13.1. The van der Waals surface area contributed by atoms with E-state index in [1.165, 1.54) is 0 Å². The maximum Gasteiger partial charge on any atom is 0.0973 e. The van der Waals surface area contributed by atoms with Crippen molar-refractivity contribution in [1.82, 2.24) is 4.72 Å². The molecule has 32 heavy (non-hydrogen) atoms. The Labute approximate surface area is 195 Å². The first-order chi connectivity index (χ1) is 15.3. The molecule has 3 nitrogen and oxygen atoms in total. The van der Waals surface area contributed by atoms with E-state index >= 15 is 0 Å². The van der Waals surface area contributed by atoms with Gasteiger partial charge in [-0.3, -0.25) is 4.99 Å². The van der Waals surface area contributed by atoms with E-state index in [0.717, 1.165) is 22.4 Å². The van der Waals surface area contributed by atoms with Gasteiger partial charge in [0.15, 0.2) is 0 Å². The molecule has 3 atom stereocenters. The second-order valence-corrected chi connectivity index (χ2v) is 11.3. The summed E-state index contributed by atoms with van der Waals surface area (Å²) in [5, 5.41) is 0. The zero-order chi connectivity index (χ0) is 23.1. The van der Waals surface area contributed by atoms with Gasteiger partial charge in [0.25, 0.3) is 0 Å². The minimum Gasteiger partial charge on any atom is -0.274 e.